The molecule has 24 heavy (non-hydrogen) atoms. The van der Waals surface area contributed by atoms with E-state index in [1.807, 2.05) is 6.07 Å². The van der Waals surface area contributed by atoms with Crippen LogP contribution in [0.4, 0.5) is 9.93 Å². The van der Waals surface area contributed by atoms with Crippen LogP contribution < -0.4 is 5.32 Å². The highest BCUT2D eigenvalue weighted by atomic mass is 32.2. The van der Waals surface area contributed by atoms with Crippen LogP contribution in [-0.4, -0.2) is 29.8 Å². The molecular formula is C16H18N2O4S2. The summed E-state index contributed by atoms with van der Waals surface area (Å²) in [6, 6.07) is 7.11. The number of aromatic nitrogens is 1. The van der Waals surface area contributed by atoms with Gasteiger partial charge in [-0.15, -0.1) is 0 Å². The quantitative estimate of drug-likeness (QED) is 0.807. The lowest BCUT2D eigenvalue weighted by Gasteiger charge is -2.18. The van der Waals surface area contributed by atoms with E-state index >= 15 is 0 Å². The maximum absolute atomic E-state index is 11.7. The van der Waals surface area contributed by atoms with Crippen molar-refractivity contribution < 1.29 is 19.1 Å². The Labute approximate surface area is 148 Å². The van der Waals surface area contributed by atoms with Gasteiger partial charge in [0, 0.05) is 4.90 Å². The molecule has 1 heterocycles. The van der Waals surface area contributed by atoms with Crippen LogP contribution in [0.15, 0.2) is 39.6 Å². The second kappa shape index (κ2) is 7.67. The van der Waals surface area contributed by atoms with Crippen molar-refractivity contribution in [3.63, 3.8) is 0 Å². The Balaban J connectivity index is 2.01. The van der Waals surface area contributed by atoms with E-state index in [2.05, 4.69) is 10.3 Å². The third kappa shape index (κ3) is 5.54. The first kappa shape index (κ1) is 18.3. The minimum absolute atomic E-state index is 0.381. The highest BCUT2D eigenvalue weighted by molar-refractivity contribution is 8.01. The third-order valence-electron chi connectivity index (χ3n) is 2.57. The summed E-state index contributed by atoms with van der Waals surface area (Å²) in [6.07, 6.45) is 1.12. The molecule has 0 aliphatic heterocycles. The second-order valence-electron chi connectivity index (χ2n) is 5.73. The van der Waals surface area contributed by atoms with Crippen molar-refractivity contribution in [2.75, 3.05) is 12.4 Å². The molecule has 0 fully saturated rings. The van der Waals surface area contributed by atoms with Crippen LogP contribution in [0.5, 0.6) is 0 Å². The number of thiazole rings is 1. The van der Waals surface area contributed by atoms with Crippen molar-refractivity contribution in [2.45, 2.75) is 35.5 Å². The summed E-state index contributed by atoms with van der Waals surface area (Å²) in [5.74, 6) is -0.381. The van der Waals surface area contributed by atoms with E-state index in [1.54, 1.807) is 45.2 Å². The van der Waals surface area contributed by atoms with Crippen molar-refractivity contribution in [1.82, 2.24) is 4.98 Å². The average molecular weight is 366 g/mol. The maximum Gasteiger partial charge on any atom is 0.413 e. The van der Waals surface area contributed by atoms with Crippen LogP contribution in [-0.2, 0) is 9.47 Å². The molecular weight excluding hydrogens is 348 g/mol. The average Bonchev–Trinajstić information content (AvgIpc) is 2.91. The number of benzene rings is 1. The van der Waals surface area contributed by atoms with Gasteiger partial charge in [0.1, 0.15) is 5.60 Å². The number of esters is 1. The summed E-state index contributed by atoms with van der Waals surface area (Å²) in [4.78, 5) is 28.3. The number of ether oxygens (including phenoxy) is 2. The molecule has 2 aromatic rings. The molecule has 1 aromatic heterocycles. The second-order valence-corrected chi connectivity index (χ2v) is 8.14. The smallest absolute Gasteiger partial charge is 0.413 e. The Bertz CT molecular complexity index is 738. The minimum atomic E-state index is -0.562. The number of rotatable bonds is 4. The van der Waals surface area contributed by atoms with E-state index in [0.717, 1.165) is 9.10 Å². The van der Waals surface area contributed by atoms with Crippen LogP contribution in [0.2, 0.25) is 0 Å². The van der Waals surface area contributed by atoms with E-state index in [-0.39, 0.29) is 5.97 Å². The zero-order valence-electron chi connectivity index (χ0n) is 13.8. The summed E-state index contributed by atoms with van der Waals surface area (Å²) in [6.45, 7) is 5.39. The molecule has 0 aliphatic carbocycles. The summed E-state index contributed by atoms with van der Waals surface area (Å²) in [5, 5.41) is 3.06. The normalized spacial score (nSPS) is 11.0. The Morgan fingerprint density at radius 3 is 2.71 bits per heavy atom. The Morgan fingerprint density at radius 1 is 1.29 bits per heavy atom. The van der Waals surface area contributed by atoms with E-state index in [9.17, 15) is 9.59 Å². The SMILES string of the molecule is COC(=O)c1cccc(Sc2cnc(NC(=O)OC(C)(C)C)s2)c1. The van der Waals surface area contributed by atoms with Gasteiger partial charge >= 0.3 is 12.1 Å². The van der Waals surface area contributed by atoms with E-state index in [0.29, 0.717) is 10.7 Å². The van der Waals surface area contributed by atoms with E-state index in [1.165, 1.54) is 30.2 Å². The molecule has 8 heteroatoms. The monoisotopic (exact) mass is 366 g/mol. The zero-order chi connectivity index (χ0) is 17.7. The first-order valence-corrected chi connectivity index (χ1v) is 8.72. The van der Waals surface area contributed by atoms with Gasteiger partial charge < -0.3 is 9.47 Å². The number of anilines is 1. The molecule has 0 bridgehead atoms. The summed E-state index contributed by atoms with van der Waals surface area (Å²) in [5.41, 5.74) is -0.0770. The Kier molecular flexibility index (Phi) is 5.84. The van der Waals surface area contributed by atoms with E-state index in [4.69, 9.17) is 9.47 Å². The number of nitrogens with one attached hydrogen (secondary N) is 1. The lowest BCUT2D eigenvalue weighted by atomic mass is 10.2. The fraction of sp³-hybridized carbons (Fsp3) is 0.312. The van der Waals surface area contributed by atoms with Gasteiger partial charge in [0.25, 0.3) is 0 Å². The molecule has 6 nitrogen and oxygen atoms in total. The highest BCUT2D eigenvalue weighted by Gasteiger charge is 2.17. The first-order valence-electron chi connectivity index (χ1n) is 7.09. The summed E-state index contributed by atoms with van der Waals surface area (Å²) in [7, 11) is 1.35. The van der Waals surface area contributed by atoms with E-state index < -0.39 is 11.7 Å². The van der Waals surface area contributed by atoms with Gasteiger partial charge in [-0.25, -0.2) is 14.6 Å². The van der Waals surface area contributed by atoms with Gasteiger partial charge in [0.2, 0.25) is 0 Å². The lowest BCUT2D eigenvalue weighted by Crippen LogP contribution is -2.27. The number of methoxy groups -OCH3 is 1. The molecule has 0 atom stereocenters. The van der Waals surface area contributed by atoms with Crippen molar-refractivity contribution in [3.05, 3.63) is 36.0 Å². The number of nitrogens with zero attached hydrogens (tertiary/aromatic N) is 1. The number of amides is 1. The molecule has 0 saturated carbocycles. The van der Waals surface area contributed by atoms with Crippen LogP contribution in [0.1, 0.15) is 31.1 Å². The fourth-order valence-electron chi connectivity index (χ4n) is 1.68. The van der Waals surface area contributed by atoms with Crippen LogP contribution >= 0.6 is 23.1 Å². The molecule has 0 spiro atoms. The fourth-order valence-corrected chi connectivity index (χ4v) is 3.57. The largest absolute Gasteiger partial charge is 0.465 e. The van der Waals surface area contributed by atoms with Crippen LogP contribution in [0, 0.1) is 0 Å². The van der Waals surface area contributed by atoms with Crippen molar-refractivity contribution in [3.8, 4) is 0 Å². The first-order chi connectivity index (χ1) is 11.3. The number of carbonyl (C=O) groups excluding carboxylic acids is 2. The molecule has 1 amide bonds. The predicted molar refractivity (Wildman–Crippen MR) is 93.9 cm³/mol. The van der Waals surface area contributed by atoms with Gasteiger partial charge in [-0.3, -0.25) is 5.32 Å². The predicted octanol–water partition coefficient (Wildman–Crippen LogP) is 4.43. The third-order valence-corrected chi connectivity index (χ3v) is 4.57. The van der Waals surface area contributed by atoms with Crippen LogP contribution in [0.3, 0.4) is 0 Å². The standard InChI is InChI=1S/C16H18N2O4S2/c1-16(2,3)22-15(20)18-14-17-9-12(24-14)23-11-7-5-6-10(8-11)13(19)21-4/h5-9H,1-4H3,(H,17,18,20). The molecule has 0 aliphatic rings. The van der Waals surface area contributed by atoms with Crippen molar-refractivity contribution >= 4 is 40.3 Å². The topological polar surface area (TPSA) is 77.5 Å². The maximum atomic E-state index is 11.7. The highest BCUT2D eigenvalue weighted by Crippen LogP contribution is 2.34. The summed E-state index contributed by atoms with van der Waals surface area (Å²) < 4.78 is 10.8. The van der Waals surface area contributed by atoms with Gasteiger partial charge in [0.05, 0.1) is 23.1 Å². The summed E-state index contributed by atoms with van der Waals surface area (Å²) >= 11 is 2.77. The minimum Gasteiger partial charge on any atom is -0.465 e. The lowest BCUT2D eigenvalue weighted by molar-refractivity contribution is 0.0598. The van der Waals surface area contributed by atoms with Gasteiger partial charge in [-0.2, -0.15) is 0 Å². The molecule has 1 aromatic carbocycles. The molecule has 128 valence electrons. The molecule has 1 N–H and O–H groups in total. The van der Waals surface area contributed by atoms with Gasteiger partial charge in [-0.1, -0.05) is 29.2 Å². The Morgan fingerprint density at radius 2 is 2.04 bits per heavy atom. The Hall–Kier alpha value is -2.06. The number of carbonyl (C=O) groups is 2. The van der Waals surface area contributed by atoms with Gasteiger partial charge in [-0.05, 0) is 39.0 Å². The van der Waals surface area contributed by atoms with Crippen molar-refractivity contribution in [2.24, 2.45) is 0 Å². The number of hydrogen-bond acceptors (Lipinski definition) is 7. The van der Waals surface area contributed by atoms with Crippen LogP contribution in [0.25, 0.3) is 0 Å². The molecule has 0 saturated heterocycles. The zero-order valence-corrected chi connectivity index (χ0v) is 15.4. The molecule has 2 rings (SSSR count). The van der Waals surface area contributed by atoms with Crippen molar-refractivity contribution in [1.29, 1.82) is 0 Å². The molecule has 0 unspecified atom stereocenters. The van der Waals surface area contributed by atoms with Gasteiger partial charge in [0.15, 0.2) is 5.13 Å². The molecule has 0 radical (unpaired) electrons. The number of hydrogen-bond donors (Lipinski definition) is 1.